The van der Waals surface area contributed by atoms with Gasteiger partial charge in [0.1, 0.15) is 0 Å². The number of aromatic nitrogens is 2. The summed E-state index contributed by atoms with van der Waals surface area (Å²) in [7, 11) is -3.97. The largest absolute Gasteiger partial charge is 0.332 e. The molecule has 0 atom stereocenters. The van der Waals surface area contributed by atoms with Crippen molar-refractivity contribution in [2.45, 2.75) is 18.4 Å². The zero-order valence-corrected chi connectivity index (χ0v) is 14.6. The Morgan fingerprint density at radius 1 is 1.08 bits per heavy atom. The maximum absolute atomic E-state index is 12.2. The summed E-state index contributed by atoms with van der Waals surface area (Å²) in [6, 6.07) is 12.0. The number of amides is 2. The van der Waals surface area contributed by atoms with E-state index < -0.39 is 16.1 Å². The van der Waals surface area contributed by atoms with Crippen LogP contribution in [0.4, 0.5) is 4.79 Å². The number of H-pyrrole nitrogens is 1. The van der Waals surface area contributed by atoms with Crippen molar-refractivity contribution < 1.29 is 13.2 Å². The Hall–Kier alpha value is -3.20. The normalized spacial score (nSPS) is 11.3. The average Bonchev–Trinajstić information content (AvgIpc) is 2.61. The van der Waals surface area contributed by atoms with Gasteiger partial charge in [-0.15, -0.1) is 0 Å². The van der Waals surface area contributed by atoms with Gasteiger partial charge in [0.05, 0.1) is 22.5 Å². The number of urea groups is 1. The highest BCUT2D eigenvalue weighted by molar-refractivity contribution is 7.90. The molecule has 0 unspecified atom stereocenters. The highest BCUT2D eigenvalue weighted by Crippen LogP contribution is 2.12. The van der Waals surface area contributed by atoms with Crippen LogP contribution in [0.2, 0.25) is 0 Å². The number of fused-ring (bicyclic) bond motifs is 1. The van der Waals surface area contributed by atoms with E-state index in [1.165, 1.54) is 12.1 Å². The smallest absolute Gasteiger partial charge is 0.329 e. The van der Waals surface area contributed by atoms with Gasteiger partial charge in [-0.05, 0) is 25.1 Å². The van der Waals surface area contributed by atoms with E-state index in [1.54, 1.807) is 36.4 Å². The first-order valence-electron chi connectivity index (χ1n) is 7.70. The van der Waals surface area contributed by atoms with Gasteiger partial charge in [-0.2, -0.15) is 5.10 Å². The first-order valence-corrected chi connectivity index (χ1v) is 9.19. The van der Waals surface area contributed by atoms with Gasteiger partial charge in [0.25, 0.3) is 15.6 Å². The first-order chi connectivity index (χ1) is 12.4. The molecule has 0 saturated heterocycles. The maximum Gasteiger partial charge on any atom is 0.329 e. The molecular weight excluding hydrogens is 356 g/mol. The van der Waals surface area contributed by atoms with Crippen LogP contribution in [0.3, 0.4) is 0 Å². The molecular formula is C17H16N4O4S. The first kappa shape index (κ1) is 17.6. The predicted molar refractivity (Wildman–Crippen MR) is 96.1 cm³/mol. The summed E-state index contributed by atoms with van der Waals surface area (Å²) in [4.78, 5) is 23.7. The van der Waals surface area contributed by atoms with Crippen LogP contribution in [0.5, 0.6) is 0 Å². The molecule has 0 radical (unpaired) electrons. The van der Waals surface area contributed by atoms with Crippen molar-refractivity contribution in [3.63, 3.8) is 0 Å². The Kier molecular flexibility index (Phi) is 4.72. The SMILES string of the molecule is Cc1ccc(S(=O)(=O)NC(=O)NCc2n[nH]c(=O)c3ccccc23)cc1. The molecule has 0 spiro atoms. The summed E-state index contributed by atoms with van der Waals surface area (Å²) in [6.07, 6.45) is 0. The molecule has 0 bridgehead atoms. The zero-order valence-electron chi connectivity index (χ0n) is 13.8. The van der Waals surface area contributed by atoms with Crippen molar-refractivity contribution in [2.24, 2.45) is 0 Å². The number of benzene rings is 2. The number of aromatic amines is 1. The Morgan fingerprint density at radius 2 is 1.73 bits per heavy atom. The second-order valence-corrected chi connectivity index (χ2v) is 7.33. The van der Waals surface area contributed by atoms with Crippen molar-refractivity contribution in [2.75, 3.05) is 0 Å². The van der Waals surface area contributed by atoms with Gasteiger partial charge in [-0.1, -0.05) is 35.9 Å². The highest BCUT2D eigenvalue weighted by atomic mass is 32.2. The van der Waals surface area contributed by atoms with E-state index in [0.29, 0.717) is 16.5 Å². The standard InChI is InChI=1S/C17H16N4O4S/c1-11-6-8-12(9-7-11)26(24,25)21-17(23)18-10-15-13-4-2-3-5-14(13)16(22)20-19-15/h2-9H,10H2,1H3,(H,20,22)(H2,18,21,23). The van der Waals surface area contributed by atoms with Gasteiger partial charge < -0.3 is 5.32 Å². The van der Waals surface area contributed by atoms with E-state index in [1.807, 2.05) is 11.6 Å². The lowest BCUT2D eigenvalue weighted by molar-refractivity contribution is 0.245. The van der Waals surface area contributed by atoms with Gasteiger partial charge in [-0.25, -0.2) is 23.0 Å². The molecule has 2 amide bonds. The predicted octanol–water partition coefficient (Wildman–Crippen LogP) is 1.42. The van der Waals surface area contributed by atoms with Gasteiger partial charge in [0.15, 0.2) is 0 Å². The zero-order chi connectivity index (χ0) is 18.7. The van der Waals surface area contributed by atoms with E-state index >= 15 is 0 Å². The fourth-order valence-electron chi connectivity index (χ4n) is 2.40. The van der Waals surface area contributed by atoms with Crippen LogP contribution in [0, 0.1) is 6.92 Å². The second-order valence-electron chi connectivity index (χ2n) is 5.65. The summed E-state index contributed by atoms with van der Waals surface area (Å²) in [6.45, 7) is 1.78. The average molecular weight is 372 g/mol. The molecule has 9 heteroatoms. The summed E-state index contributed by atoms with van der Waals surface area (Å²) >= 11 is 0. The molecule has 0 saturated carbocycles. The minimum atomic E-state index is -3.97. The Labute approximate surface area is 149 Å². The summed E-state index contributed by atoms with van der Waals surface area (Å²) in [5.41, 5.74) is 0.989. The van der Waals surface area contributed by atoms with Crippen LogP contribution in [0.25, 0.3) is 10.8 Å². The molecule has 0 aliphatic rings. The molecule has 134 valence electrons. The number of hydrogen-bond acceptors (Lipinski definition) is 5. The van der Waals surface area contributed by atoms with E-state index in [9.17, 15) is 18.0 Å². The fraction of sp³-hybridized carbons (Fsp3) is 0.118. The number of carbonyl (C=O) groups is 1. The van der Waals surface area contributed by atoms with Crippen LogP contribution < -0.4 is 15.6 Å². The number of nitrogens with one attached hydrogen (secondary N) is 3. The van der Waals surface area contributed by atoms with Gasteiger partial charge in [-0.3, -0.25) is 4.79 Å². The van der Waals surface area contributed by atoms with Crippen LogP contribution in [-0.2, 0) is 16.6 Å². The van der Waals surface area contributed by atoms with E-state index in [2.05, 4.69) is 15.5 Å². The number of nitrogens with zero attached hydrogens (tertiary/aromatic N) is 1. The van der Waals surface area contributed by atoms with Crippen molar-refractivity contribution in [3.8, 4) is 0 Å². The topological polar surface area (TPSA) is 121 Å². The molecule has 3 rings (SSSR count). The fourth-order valence-corrected chi connectivity index (χ4v) is 3.33. The number of rotatable bonds is 4. The minimum Gasteiger partial charge on any atom is -0.332 e. The van der Waals surface area contributed by atoms with Gasteiger partial charge >= 0.3 is 6.03 Å². The van der Waals surface area contributed by atoms with Crippen LogP contribution >= 0.6 is 0 Å². The monoisotopic (exact) mass is 372 g/mol. The quantitative estimate of drug-likeness (QED) is 0.639. The van der Waals surface area contributed by atoms with Crippen molar-refractivity contribution in [1.82, 2.24) is 20.2 Å². The Morgan fingerprint density at radius 3 is 2.42 bits per heavy atom. The lowest BCUT2D eigenvalue weighted by Crippen LogP contribution is -2.39. The van der Waals surface area contributed by atoms with Crippen LogP contribution in [0.1, 0.15) is 11.3 Å². The molecule has 3 aromatic rings. The van der Waals surface area contributed by atoms with Crippen molar-refractivity contribution in [3.05, 3.63) is 70.1 Å². The third-order valence-corrected chi connectivity index (χ3v) is 5.10. The number of hydrogen-bond donors (Lipinski definition) is 3. The summed E-state index contributed by atoms with van der Waals surface area (Å²) in [5, 5.41) is 9.72. The molecule has 8 nitrogen and oxygen atoms in total. The minimum absolute atomic E-state index is 0.00846. The van der Waals surface area contributed by atoms with Gasteiger partial charge in [0.2, 0.25) is 0 Å². The molecule has 1 heterocycles. The number of sulfonamides is 1. The summed E-state index contributed by atoms with van der Waals surface area (Å²) < 4.78 is 26.3. The third kappa shape index (κ3) is 3.72. The molecule has 26 heavy (non-hydrogen) atoms. The molecule has 2 aromatic carbocycles. The molecule has 0 fully saturated rings. The van der Waals surface area contributed by atoms with Crippen LogP contribution in [-0.4, -0.2) is 24.6 Å². The Bertz CT molecular complexity index is 1120. The molecule has 3 N–H and O–H groups in total. The van der Waals surface area contributed by atoms with Crippen LogP contribution in [0.15, 0.2) is 58.2 Å². The van der Waals surface area contributed by atoms with E-state index in [4.69, 9.17) is 0 Å². The molecule has 0 aliphatic heterocycles. The van der Waals surface area contributed by atoms with E-state index in [-0.39, 0.29) is 17.0 Å². The lowest BCUT2D eigenvalue weighted by atomic mass is 10.1. The molecule has 0 aliphatic carbocycles. The lowest BCUT2D eigenvalue weighted by Gasteiger charge is -2.09. The number of carbonyl (C=O) groups excluding carboxylic acids is 1. The highest BCUT2D eigenvalue weighted by Gasteiger charge is 2.17. The van der Waals surface area contributed by atoms with Gasteiger partial charge in [0, 0.05) is 5.39 Å². The third-order valence-electron chi connectivity index (χ3n) is 3.75. The second kappa shape index (κ2) is 6.96. The van der Waals surface area contributed by atoms with Crippen molar-refractivity contribution in [1.29, 1.82) is 0 Å². The summed E-state index contributed by atoms with van der Waals surface area (Å²) in [5.74, 6) is 0. The number of aryl methyl sites for hydroxylation is 1. The van der Waals surface area contributed by atoms with Crippen molar-refractivity contribution >= 4 is 26.8 Å². The Balaban J connectivity index is 1.73. The molecule has 1 aromatic heterocycles. The maximum atomic E-state index is 12.2. The van der Waals surface area contributed by atoms with E-state index in [0.717, 1.165) is 5.56 Å².